The van der Waals surface area contributed by atoms with Crippen LogP contribution in [0.4, 0.5) is 0 Å². The van der Waals surface area contributed by atoms with Crippen molar-refractivity contribution in [2.75, 3.05) is 39.3 Å². The van der Waals surface area contributed by atoms with E-state index >= 15 is 0 Å². The third-order valence-corrected chi connectivity index (χ3v) is 4.82. The molecule has 2 rings (SSSR count). The number of piperidine rings is 1. The Morgan fingerprint density at radius 1 is 1.15 bits per heavy atom. The number of carbonyl (C=O) groups is 1. The van der Waals surface area contributed by atoms with E-state index in [2.05, 4.69) is 44.4 Å². The van der Waals surface area contributed by atoms with Gasteiger partial charge in [-0.3, -0.25) is 9.79 Å². The number of primary amides is 1. The van der Waals surface area contributed by atoms with Crippen LogP contribution in [0.1, 0.15) is 32.6 Å². The molecule has 1 aliphatic rings. The molecule has 154 valence electrons. The monoisotopic (exact) mass is 490 g/mol. The number of nitrogens with two attached hydrogens (primary N) is 1. The van der Waals surface area contributed by atoms with Crippen molar-refractivity contribution in [3.8, 4) is 0 Å². The molecule has 0 bridgehead atoms. The van der Waals surface area contributed by atoms with Gasteiger partial charge in [0.1, 0.15) is 0 Å². The summed E-state index contributed by atoms with van der Waals surface area (Å²) in [5.74, 6) is 0.831. The lowest BCUT2D eigenvalue weighted by Crippen LogP contribution is -2.39. The Morgan fingerprint density at radius 2 is 1.85 bits per heavy atom. The van der Waals surface area contributed by atoms with E-state index in [4.69, 9.17) is 5.73 Å². The Morgan fingerprint density at radius 3 is 2.48 bits per heavy atom. The second-order valence-corrected chi connectivity index (χ2v) is 6.83. The molecule has 1 aliphatic heterocycles. The highest BCUT2D eigenvalue weighted by molar-refractivity contribution is 14.0. The molecule has 27 heavy (non-hydrogen) atoms. The lowest BCUT2D eigenvalue weighted by molar-refractivity contribution is -0.123. The summed E-state index contributed by atoms with van der Waals surface area (Å²) < 4.78 is 2.15. The van der Waals surface area contributed by atoms with E-state index in [0.717, 1.165) is 77.5 Å². The zero-order valence-electron chi connectivity index (χ0n) is 16.4. The SMILES string of the molecule is CCNC(=NCCCCN1CCC(C(N)=O)CC1)NCCn1cccc1.I. The zero-order valence-corrected chi connectivity index (χ0v) is 18.7. The van der Waals surface area contributed by atoms with E-state index in [0.29, 0.717) is 0 Å². The molecule has 0 unspecified atom stereocenters. The number of carbonyl (C=O) groups excluding carboxylic acids is 1. The Hall–Kier alpha value is -1.29. The van der Waals surface area contributed by atoms with Crippen LogP contribution < -0.4 is 16.4 Å². The molecule has 0 saturated carbocycles. The summed E-state index contributed by atoms with van der Waals surface area (Å²) in [5.41, 5.74) is 5.38. The Bertz CT molecular complexity index is 540. The standard InChI is InChI=1S/C19H34N6O.HI/c1-2-21-19(23-10-16-24-12-5-6-13-24)22-9-3-4-11-25-14-7-17(8-15-25)18(20)26;/h5-6,12-13,17H,2-4,7-11,14-16H2,1H3,(H2,20,26)(H2,21,22,23);1H. The maximum Gasteiger partial charge on any atom is 0.220 e. The number of halogens is 1. The number of likely N-dealkylation sites (tertiary alicyclic amines) is 1. The summed E-state index contributed by atoms with van der Waals surface area (Å²) in [7, 11) is 0. The number of hydrogen-bond donors (Lipinski definition) is 3. The van der Waals surface area contributed by atoms with Gasteiger partial charge < -0.3 is 25.8 Å². The minimum atomic E-state index is -0.140. The average Bonchev–Trinajstić information content (AvgIpc) is 3.15. The number of unbranched alkanes of at least 4 members (excludes halogenated alkanes) is 1. The second-order valence-electron chi connectivity index (χ2n) is 6.83. The molecular weight excluding hydrogens is 455 g/mol. The molecule has 0 atom stereocenters. The molecule has 4 N–H and O–H groups in total. The summed E-state index contributed by atoms with van der Waals surface area (Å²) in [6, 6.07) is 4.07. The molecule has 1 aromatic rings. The number of guanidine groups is 1. The van der Waals surface area contributed by atoms with Crippen molar-refractivity contribution < 1.29 is 4.79 Å². The van der Waals surface area contributed by atoms with Crippen molar-refractivity contribution in [1.82, 2.24) is 20.1 Å². The maximum atomic E-state index is 11.2. The van der Waals surface area contributed by atoms with E-state index in [1.54, 1.807) is 0 Å². The van der Waals surface area contributed by atoms with E-state index in [1.807, 2.05) is 12.1 Å². The van der Waals surface area contributed by atoms with Gasteiger partial charge in [0.05, 0.1) is 0 Å². The van der Waals surface area contributed by atoms with Crippen LogP contribution in [0.2, 0.25) is 0 Å². The fourth-order valence-electron chi connectivity index (χ4n) is 3.24. The molecule has 2 heterocycles. The minimum absolute atomic E-state index is 0. The van der Waals surface area contributed by atoms with Gasteiger partial charge in [0.25, 0.3) is 0 Å². The van der Waals surface area contributed by atoms with Gasteiger partial charge in [-0.2, -0.15) is 0 Å². The van der Waals surface area contributed by atoms with Gasteiger partial charge in [0, 0.05) is 44.5 Å². The lowest BCUT2D eigenvalue weighted by Gasteiger charge is -2.30. The highest BCUT2D eigenvalue weighted by atomic mass is 127. The molecular formula is C19H35IN6O. The highest BCUT2D eigenvalue weighted by Crippen LogP contribution is 2.16. The molecule has 7 nitrogen and oxygen atoms in total. The Labute approximate surface area is 180 Å². The first-order chi connectivity index (χ1) is 12.7. The molecule has 0 aromatic carbocycles. The molecule has 1 amide bonds. The van der Waals surface area contributed by atoms with Crippen LogP contribution in [-0.4, -0.2) is 60.6 Å². The number of aliphatic imine (C=N–C) groups is 1. The lowest BCUT2D eigenvalue weighted by atomic mass is 9.96. The highest BCUT2D eigenvalue weighted by Gasteiger charge is 2.22. The van der Waals surface area contributed by atoms with Crippen molar-refractivity contribution in [3.63, 3.8) is 0 Å². The van der Waals surface area contributed by atoms with Gasteiger partial charge in [-0.25, -0.2) is 0 Å². The van der Waals surface area contributed by atoms with Gasteiger partial charge in [-0.1, -0.05) is 0 Å². The number of rotatable bonds is 10. The smallest absolute Gasteiger partial charge is 0.220 e. The largest absolute Gasteiger partial charge is 0.369 e. The van der Waals surface area contributed by atoms with Crippen LogP contribution in [0.3, 0.4) is 0 Å². The van der Waals surface area contributed by atoms with Crippen LogP contribution in [0.15, 0.2) is 29.5 Å². The van der Waals surface area contributed by atoms with Gasteiger partial charge >= 0.3 is 0 Å². The summed E-state index contributed by atoms with van der Waals surface area (Å²) in [6.45, 7) is 8.62. The topological polar surface area (TPSA) is 87.7 Å². The van der Waals surface area contributed by atoms with E-state index in [-0.39, 0.29) is 35.8 Å². The summed E-state index contributed by atoms with van der Waals surface area (Å²) >= 11 is 0. The van der Waals surface area contributed by atoms with Gasteiger partial charge in [0.2, 0.25) is 5.91 Å². The molecule has 8 heteroatoms. The van der Waals surface area contributed by atoms with Crippen molar-refractivity contribution >= 4 is 35.8 Å². The van der Waals surface area contributed by atoms with Gasteiger partial charge in [0.15, 0.2) is 5.96 Å². The van der Waals surface area contributed by atoms with E-state index < -0.39 is 0 Å². The van der Waals surface area contributed by atoms with Crippen LogP contribution in [-0.2, 0) is 11.3 Å². The molecule has 0 aliphatic carbocycles. The predicted octanol–water partition coefficient (Wildman–Crippen LogP) is 1.64. The molecule has 1 aromatic heterocycles. The number of hydrogen-bond acceptors (Lipinski definition) is 3. The molecule has 1 saturated heterocycles. The molecule has 1 fully saturated rings. The van der Waals surface area contributed by atoms with Crippen molar-refractivity contribution in [2.24, 2.45) is 16.6 Å². The fourth-order valence-corrected chi connectivity index (χ4v) is 3.24. The zero-order chi connectivity index (χ0) is 18.6. The van der Waals surface area contributed by atoms with E-state index in [9.17, 15) is 4.79 Å². The number of aromatic nitrogens is 1. The fraction of sp³-hybridized carbons (Fsp3) is 0.684. The maximum absolute atomic E-state index is 11.2. The van der Waals surface area contributed by atoms with Crippen LogP contribution >= 0.6 is 24.0 Å². The number of nitrogens with zero attached hydrogens (tertiary/aromatic N) is 3. The average molecular weight is 490 g/mol. The molecule has 0 spiro atoms. The van der Waals surface area contributed by atoms with Crippen molar-refractivity contribution in [3.05, 3.63) is 24.5 Å². The second kappa shape index (κ2) is 13.8. The third-order valence-electron chi connectivity index (χ3n) is 4.82. The van der Waals surface area contributed by atoms with Crippen molar-refractivity contribution in [1.29, 1.82) is 0 Å². The molecule has 0 radical (unpaired) electrons. The van der Waals surface area contributed by atoms with E-state index in [1.165, 1.54) is 0 Å². The summed E-state index contributed by atoms with van der Waals surface area (Å²) in [6.07, 6.45) is 8.15. The van der Waals surface area contributed by atoms with Crippen LogP contribution in [0.5, 0.6) is 0 Å². The predicted molar refractivity (Wildman–Crippen MR) is 121 cm³/mol. The first-order valence-electron chi connectivity index (χ1n) is 9.83. The minimum Gasteiger partial charge on any atom is -0.369 e. The van der Waals surface area contributed by atoms with Crippen LogP contribution in [0, 0.1) is 5.92 Å². The summed E-state index contributed by atoms with van der Waals surface area (Å²) in [5, 5.41) is 6.67. The first-order valence-corrected chi connectivity index (χ1v) is 9.83. The normalized spacial score (nSPS) is 16.0. The quantitative estimate of drug-likeness (QED) is 0.202. The van der Waals surface area contributed by atoms with Crippen LogP contribution in [0.25, 0.3) is 0 Å². The van der Waals surface area contributed by atoms with Crippen molar-refractivity contribution in [2.45, 2.75) is 39.2 Å². The number of nitrogens with one attached hydrogen (secondary N) is 2. The Balaban J connectivity index is 0.00000364. The Kier molecular flexibility index (Phi) is 12.2. The first kappa shape index (κ1) is 23.7. The van der Waals surface area contributed by atoms with Gasteiger partial charge in [-0.05, 0) is 64.4 Å². The third kappa shape index (κ3) is 9.46. The van der Waals surface area contributed by atoms with Gasteiger partial charge in [-0.15, -0.1) is 24.0 Å². The number of amides is 1. The summed E-state index contributed by atoms with van der Waals surface area (Å²) in [4.78, 5) is 18.3.